The van der Waals surface area contributed by atoms with Gasteiger partial charge < -0.3 is 0 Å². The summed E-state index contributed by atoms with van der Waals surface area (Å²) in [5.74, 6) is 0.283. The number of Topliss-reactive ketones (excluding diaryl/α,β-unsaturated/α-hetero) is 1. The number of carbonyl (C=O) groups is 2. The zero-order chi connectivity index (χ0) is 17.3. The topological polar surface area (TPSA) is 49.7 Å². The second-order valence-electron chi connectivity index (χ2n) is 7.38. The summed E-state index contributed by atoms with van der Waals surface area (Å²) >= 11 is 0. The highest BCUT2D eigenvalue weighted by atomic mass is 16.2. The number of ketones is 1. The van der Waals surface area contributed by atoms with Gasteiger partial charge in [0.2, 0.25) is 0 Å². The minimum absolute atomic E-state index is 0.00657. The molecule has 0 spiro atoms. The minimum atomic E-state index is -0.534. The van der Waals surface area contributed by atoms with Crippen molar-refractivity contribution in [2.75, 3.05) is 6.54 Å². The molecule has 2 aliphatic rings. The molecule has 1 heterocycles. The van der Waals surface area contributed by atoms with E-state index >= 15 is 0 Å². The van der Waals surface area contributed by atoms with Crippen LogP contribution in [-0.4, -0.2) is 29.0 Å². The summed E-state index contributed by atoms with van der Waals surface area (Å²) in [6.07, 6.45) is 5.78. The summed E-state index contributed by atoms with van der Waals surface area (Å²) in [5, 5.41) is 5.86. The van der Waals surface area contributed by atoms with Gasteiger partial charge >= 0.3 is 0 Å². The van der Waals surface area contributed by atoms with Gasteiger partial charge in [0.05, 0.1) is 11.1 Å². The molecule has 1 amide bonds. The number of nitrogens with zero attached hydrogens (tertiary/aromatic N) is 2. The number of hydrazone groups is 1. The molecular weight excluding hydrogens is 300 g/mol. The summed E-state index contributed by atoms with van der Waals surface area (Å²) < 4.78 is 0. The van der Waals surface area contributed by atoms with Crippen LogP contribution in [0.4, 0.5) is 0 Å². The molecule has 1 fully saturated rings. The van der Waals surface area contributed by atoms with Crippen LogP contribution in [0.1, 0.15) is 61.9 Å². The molecule has 1 aromatic rings. The molecule has 1 aliphatic heterocycles. The van der Waals surface area contributed by atoms with Gasteiger partial charge in [-0.1, -0.05) is 43.0 Å². The Morgan fingerprint density at radius 2 is 1.96 bits per heavy atom. The third kappa shape index (κ3) is 2.90. The van der Waals surface area contributed by atoms with Crippen molar-refractivity contribution in [3.8, 4) is 0 Å². The smallest absolute Gasteiger partial charge is 0.255 e. The van der Waals surface area contributed by atoms with Gasteiger partial charge in [0, 0.05) is 5.56 Å². The Morgan fingerprint density at radius 3 is 2.62 bits per heavy atom. The number of rotatable bonds is 4. The Bertz CT molecular complexity index is 689. The Labute approximate surface area is 143 Å². The quantitative estimate of drug-likeness (QED) is 0.786. The van der Waals surface area contributed by atoms with E-state index in [-0.39, 0.29) is 18.2 Å². The predicted molar refractivity (Wildman–Crippen MR) is 95.0 cm³/mol. The third-order valence-electron chi connectivity index (χ3n) is 5.76. The fourth-order valence-corrected chi connectivity index (χ4v) is 4.06. The lowest BCUT2D eigenvalue weighted by molar-refractivity contribution is -0.137. The van der Waals surface area contributed by atoms with Crippen LogP contribution in [0.3, 0.4) is 0 Å². The van der Waals surface area contributed by atoms with E-state index in [4.69, 9.17) is 0 Å². The lowest BCUT2D eigenvalue weighted by atomic mass is 9.67. The number of amides is 1. The number of hydrogen-bond acceptors (Lipinski definition) is 3. The van der Waals surface area contributed by atoms with Crippen molar-refractivity contribution in [1.29, 1.82) is 0 Å². The number of hydrogen-bond donors (Lipinski definition) is 0. The van der Waals surface area contributed by atoms with Gasteiger partial charge in [0.15, 0.2) is 5.78 Å². The van der Waals surface area contributed by atoms with E-state index in [1.807, 2.05) is 39.0 Å². The highest BCUT2D eigenvalue weighted by Gasteiger charge is 2.50. The van der Waals surface area contributed by atoms with Gasteiger partial charge in [-0.25, -0.2) is 5.01 Å². The molecule has 1 unspecified atom stereocenters. The third-order valence-corrected chi connectivity index (χ3v) is 5.76. The van der Waals surface area contributed by atoms with Crippen molar-refractivity contribution in [3.05, 3.63) is 35.4 Å². The summed E-state index contributed by atoms with van der Waals surface area (Å²) in [4.78, 5) is 25.6. The average molecular weight is 326 g/mol. The van der Waals surface area contributed by atoms with E-state index in [9.17, 15) is 9.59 Å². The van der Waals surface area contributed by atoms with Crippen LogP contribution in [0, 0.1) is 18.3 Å². The maximum atomic E-state index is 13.0. The molecule has 24 heavy (non-hydrogen) atoms. The van der Waals surface area contributed by atoms with Crippen molar-refractivity contribution in [2.45, 2.75) is 52.9 Å². The molecule has 4 nitrogen and oxygen atoms in total. The van der Waals surface area contributed by atoms with E-state index in [2.05, 4.69) is 5.10 Å². The van der Waals surface area contributed by atoms with Crippen molar-refractivity contribution in [3.63, 3.8) is 0 Å². The lowest BCUT2D eigenvalue weighted by Crippen LogP contribution is -2.44. The van der Waals surface area contributed by atoms with Crippen LogP contribution < -0.4 is 0 Å². The van der Waals surface area contributed by atoms with Crippen LogP contribution in [0.15, 0.2) is 29.4 Å². The van der Waals surface area contributed by atoms with Gasteiger partial charge in [-0.05, 0) is 45.6 Å². The van der Waals surface area contributed by atoms with Gasteiger partial charge in [-0.15, -0.1) is 0 Å². The van der Waals surface area contributed by atoms with Crippen LogP contribution in [0.25, 0.3) is 0 Å². The highest BCUT2D eigenvalue weighted by Crippen LogP contribution is 2.43. The van der Waals surface area contributed by atoms with Gasteiger partial charge in [-0.3, -0.25) is 9.59 Å². The first-order valence-electron chi connectivity index (χ1n) is 8.90. The van der Waals surface area contributed by atoms with Gasteiger partial charge in [0.1, 0.15) is 6.54 Å². The lowest BCUT2D eigenvalue weighted by Gasteiger charge is -2.35. The van der Waals surface area contributed by atoms with Crippen LogP contribution >= 0.6 is 0 Å². The maximum Gasteiger partial charge on any atom is 0.255 e. The van der Waals surface area contributed by atoms with E-state index in [1.54, 1.807) is 6.07 Å². The van der Waals surface area contributed by atoms with E-state index in [1.165, 1.54) is 24.3 Å². The van der Waals surface area contributed by atoms with Crippen molar-refractivity contribution < 1.29 is 9.59 Å². The Kier molecular flexibility index (Phi) is 4.57. The Morgan fingerprint density at radius 1 is 1.25 bits per heavy atom. The van der Waals surface area contributed by atoms with Crippen LogP contribution in [0.2, 0.25) is 0 Å². The average Bonchev–Trinajstić information content (AvgIpc) is 2.80. The van der Waals surface area contributed by atoms with E-state index in [0.717, 1.165) is 24.1 Å². The normalized spacial score (nSPS) is 25.0. The number of aryl methyl sites for hydroxylation is 1. The van der Waals surface area contributed by atoms with Crippen molar-refractivity contribution >= 4 is 17.4 Å². The van der Waals surface area contributed by atoms with Crippen LogP contribution in [0.5, 0.6) is 0 Å². The first-order valence-corrected chi connectivity index (χ1v) is 8.90. The highest BCUT2D eigenvalue weighted by molar-refractivity contribution is 6.12. The first kappa shape index (κ1) is 16.9. The fourth-order valence-electron chi connectivity index (χ4n) is 4.06. The molecule has 1 saturated carbocycles. The molecule has 0 bridgehead atoms. The summed E-state index contributed by atoms with van der Waals surface area (Å²) in [7, 11) is 0. The standard InChI is InChI=1S/C20H26N2O2/c1-14-8-7-9-16(12-14)18(23)13-22-19(24)20(3,15(2)21-22)17-10-5-4-6-11-17/h7-9,12,17H,4-6,10-11,13H2,1-3H3. The van der Waals surface area contributed by atoms with E-state index < -0.39 is 5.41 Å². The van der Waals surface area contributed by atoms with Crippen LogP contribution in [-0.2, 0) is 4.79 Å². The molecule has 4 heteroatoms. The first-order chi connectivity index (χ1) is 11.4. The maximum absolute atomic E-state index is 13.0. The zero-order valence-electron chi connectivity index (χ0n) is 14.8. The minimum Gasteiger partial charge on any atom is -0.292 e. The molecular formula is C20H26N2O2. The monoisotopic (exact) mass is 326 g/mol. The molecule has 1 atom stereocenters. The molecule has 1 aliphatic carbocycles. The van der Waals surface area contributed by atoms with E-state index in [0.29, 0.717) is 11.5 Å². The molecule has 0 radical (unpaired) electrons. The summed E-state index contributed by atoms with van der Waals surface area (Å²) in [6, 6.07) is 7.49. The number of carbonyl (C=O) groups excluding carboxylic acids is 2. The molecule has 0 aromatic heterocycles. The van der Waals surface area contributed by atoms with Gasteiger partial charge in [0.25, 0.3) is 5.91 Å². The van der Waals surface area contributed by atoms with Gasteiger partial charge in [-0.2, -0.15) is 5.10 Å². The predicted octanol–water partition coefficient (Wildman–Crippen LogP) is 3.98. The zero-order valence-corrected chi connectivity index (χ0v) is 14.8. The molecule has 0 saturated heterocycles. The molecule has 3 rings (SSSR count). The SMILES string of the molecule is CC1=NN(CC(=O)c2cccc(C)c2)C(=O)C1(C)C1CCCCC1. The molecule has 128 valence electrons. The largest absolute Gasteiger partial charge is 0.292 e. The Hall–Kier alpha value is -1.97. The Balaban J connectivity index is 1.76. The second-order valence-corrected chi connectivity index (χ2v) is 7.38. The van der Waals surface area contributed by atoms with Crippen molar-refractivity contribution in [1.82, 2.24) is 5.01 Å². The summed E-state index contributed by atoms with van der Waals surface area (Å²) in [6.45, 7) is 5.94. The molecule has 1 aromatic carbocycles. The fraction of sp³-hybridized carbons (Fsp3) is 0.550. The number of benzene rings is 1. The molecule has 0 N–H and O–H groups in total. The van der Waals surface area contributed by atoms with Crippen molar-refractivity contribution in [2.24, 2.45) is 16.4 Å². The second kappa shape index (κ2) is 6.50. The summed E-state index contributed by atoms with van der Waals surface area (Å²) in [5.41, 5.74) is 2.01.